The van der Waals surface area contributed by atoms with Crippen molar-refractivity contribution in [2.75, 3.05) is 0 Å². The lowest BCUT2D eigenvalue weighted by Crippen LogP contribution is -2.19. The van der Waals surface area contributed by atoms with Crippen LogP contribution in [0.2, 0.25) is 0 Å². The molecule has 30 heavy (non-hydrogen) atoms. The molecule has 8 heteroatoms. The number of hydrogen-bond acceptors (Lipinski definition) is 8. The van der Waals surface area contributed by atoms with E-state index in [1.54, 1.807) is 12.2 Å². The van der Waals surface area contributed by atoms with E-state index >= 15 is 0 Å². The van der Waals surface area contributed by atoms with Crippen LogP contribution in [0.4, 0.5) is 0 Å². The molecule has 0 amide bonds. The number of carbonyl (C=O) groups excluding carboxylic acids is 4. The maximum absolute atomic E-state index is 9.90. The largest absolute Gasteiger partial charge is 0.235 e. The Kier molecular flexibility index (Phi) is 334. The average molecular weight is 445 g/mol. The zero-order valence-electron chi connectivity index (χ0n) is 9.51. The highest BCUT2D eigenvalue weighted by atomic mass is 16.1. The van der Waals surface area contributed by atoms with Gasteiger partial charge in [0, 0.05) is 0 Å². The van der Waals surface area contributed by atoms with Crippen molar-refractivity contribution in [1.29, 1.82) is 10.8 Å². The molecular weight excluding hydrogens is 384 g/mol. The first kappa shape index (κ1) is 106. The minimum Gasteiger partial charge on any atom is -0.222 e. The maximum Gasteiger partial charge on any atom is 0.235 e. The standard InChI is InChI=1S/C8H10N2O2.2CHNO.12CH4/c11-5-9-7-1-2-8(4-3-7)10-6-12;2*2-1-3;;;;;;;;;;;;/h7-8H,1-4H2;2*2H;12*1H4. The van der Waals surface area contributed by atoms with Crippen LogP contribution in [0.15, 0.2) is 9.98 Å². The van der Waals surface area contributed by atoms with Gasteiger partial charge in [-0.1, -0.05) is 89.1 Å². The van der Waals surface area contributed by atoms with Gasteiger partial charge in [0.05, 0.1) is 12.1 Å². The van der Waals surface area contributed by atoms with E-state index in [2.05, 4.69) is 9.98 Å². The number of nitrogens with one attached hydrogen (secondary N) is 2. The Bertz CT molecular complexity index is 346. The first-order valence-electron chi connectivity index (χ1n) is 4.91. The van der Waals surface area contributed by atoms with E-state index in [0.717, 1.165) is 37.8 Å². The Labute approximate surface area is 191 Å². The SMILES string of the molecule is C.C.C.C.C.C.C.C.C.C.C.C.N=C=O.N=C=O.O=C=NC1CCC(N=C=O)CC1. The Morgan fingerprint density at radius 1 is 0.467 bits per heavy atom. The van der Waals surface area contributed by atoms with Gasteiger partial charge in [-0.15, -0.1) is 0 Å². The Morgan fingerprint density at radius 3 is 0.700 bits per heavy atom. The van der Waals surface area contributed by atoms with Crippen LogP contribution in [-0.4, -0.2) is 36.4 Å². The Morgan fingerprint density at radius 2 is 0.600 bits per heavy atom. The molecular formula is C22H60N4O4. The fourth-order valence-electron chi connectivity index (χ4n) is 1.47. The number of nitrogens with zero attached hydrogens (tertiary/aromatic N) is 2. The van der Waals surface area contributed by atoms with Crippen LogP contribution in [0.25, 0.3) is 0 Å². The smallest absolute Gasteiger partial charge is 0.222 e. The minimum atomic E-state index is 0. The third-order valence-electron chi connectivity index (χ3n) is 2.14. The van der Waals surface area contributed by atoms with Crippen molar-refractivity contribution < 1.29 is 19.2 Å². The van der Waals surface area contributed by atoms with Gasteiger partial charge in [-0.2, -0.15) is 0 Å². The van der Waals surface area contributed by atoms with Crippen LogP contribution in [-0.2, 0) is 19.2 Å². The monoisotopic (exact) mass is 444 g/mol. The van der Waals surface area contributed by atoms with Crippen LogP contribution in [0, 0.1) is 10.8 Å². The van der Waals surface area contributed by atoms with Crippen molar-refractivity contribution in [3.05, 3.63) is 0 Å². The highest BCUT2D eigenvalue weighted by Gasteiger charge is 2.19. The summed E-state index contributed by atoms with van der Waals surface area (Å²) in [5.41, 5.74) is 0. The van der Waals surface area contributed by atoms with Crippen molar-refractivity contribution in [2.45, 2.75) is 127 Å². The second-order valence-corrected chi connectivity index (χ2v) is 3.11. The highest BCUT2D eigenvalue weighted by molar-refractivity contribution is 5.34. The summed E-state index contributed by atoms with van der Waals surface area (Å²) < 4.78 is 0. The van der Waals surface area contributed by atoms with Gasteiger partial charge in [0.15, 0.2) is 0 Å². The van der Waals surface area contributed by atoms with Gasteiger partial charge in [-0.25, -0.2) is 40.0 Å². The Balaban J connectivity index is -0.0000000109. The average Bonchev–Trinajstić information content (AvgIpc) is 2.34. The Hall–Kier alpha value is -2.48. The summed E-state index contributed by atoms with van der Waals surface area (Å²) in [5.74, 6) is 0. The van der Waals surface area contributed by atoms with Crippen molar-refractivity contribution in [3.8, 4) is 0 Å². The molecule has 0 heterocycles. The molecule has 1 rings (SSSR count). The quantitative estimate of drug-likeness (QED) is 0.325. The molecule has 1 aliphatic carbocycles. The molecule has 0 aromatic rings. The van der Waals surface area contributed by atoms with Crippen molar-refractivity contribution in [1.82, 2.24) is 0 Å². The normalized spacial score (nSPS) is 11.9. The third-order valence-corrected chi connectivity index (χ3v) is 2.14. The van der Waals surface area contributed by atoms with Gasteiger partial charge in [0.1, 0.15) is 0 Å². The predicted octanol–water partition coefficient (Wildman–Crippen LogP) is 8.40. The van der Waals surface area contributed by atoms with E-state index in [-0.39, 0.29) is 101 Å². The zero-order chi connectivity index (χ0) is 14.2. The predicted molar refractivity (Wildman–Crippen MR) is 140 cm³/mol. The second-order valence-electron chi connectivity index (χ2n) is 3.11. The topological polar surface area (TPSA) is 141 Å². The van der Waals surface area contributed by atoms with Gasteiger partial charge in [-0.05, 0) is 25.7 Å². The molecule has 1 saturated carbocycles. The second kappa shape index (κ2) is 94.5. The summed E-state index contributed by atoms with van der Waals surface area (Å²) in [7, 11) is 0. The lowest BCUT2D eigenvalue weighted by molar-refractivity contribution is 0.394. The summed E-state index contributed by atoms with van der Waals surface area (Å²) in [6.45, 7) is 0. The van der Waals surface area contributed by atoms with E-state index < -0.39 is 0 Å². The molecule has 2 N–H and O–H groups in total. The summed E-state index contributed by atoms with van der Waals surface area (Å²) in [6, 6.07) is 0.196. The van der Waals surface area contributed by atoms with E-state index in [4.69, 9.17) is 20.4 Å². The van der Waals surface area contributed by atoms with Gasteiger partial charge < -0.3 is 0 Å². The van der Waals surface area contributed by atoms with Crippen molar-refractivity contribution in [3.63, 3.8) is 0 Å². The van der Waals surface area contributed by atoms with Crippen LogP contribution in [0.1, 0.15) is 115 Å². The van der Waals surface area contributed by atoms with Gasteiger partial charge in [-0.3, -0.25) is 0 Å². The molecule has 0 spiro atoms. The van der Waals surface area contributed by atoms with Crippen molar-refractivity contribution >= 4 is 24.3 Å². The third kappa shape index (κ3) is 83.9. The molecule has 0 aromatic heterocycles. The van der Waals surface area contributed by atoms with E-state index in [9.17, 15) is 9.59 Å². The first-order chi connectivity index (χ1) is 8.69. The fourth-order valence-corrected chi connectivity index (χ4v) is 1.47. The molecule has 0 aliphatic heterocycles. The van der Waals surface area contributed by atoms with Gasteiger partial charge >= 0.3 is 0 Å². The molecule has 0 bridgehead atoms. The van der Waals surface area contributed by atoms with Crippen LogP contribution >= 0.6 is 0 Å². The van der Waals surface area contributed by atoms with Gasteiger partial charge in [0.25, 0.3) is 0 Å². The molecule has 0 unspecified atom stereocenters. The minimum absolute atomic E-state index is 0. The molecule has 0 atom stereocenters. The van der Waals surface area contributed by atoms with E-state index in [1.807, 2.05) is 0 Å². The molecule has 192 valence electrons. The molecule has 0 radical (unpaired) electrons. The van der Waals surface area contributed by atoms with Crippen molar-refractivity contribution in [2.24, 2.45) is 9.98 Å². The molecule has 0 saturated heterocycles. The molecule has 8 nitrogen and oxygen atoms in total. The fraction of sp³-hybridized carbons (Fsp3) is 0.818. The lowest BCUT2D eigenvalue weighted by atomic mass is 9.92. The maximum atomic E-state index is 9.90. The lowest BCUT2D eigenvalue weighted by Gasteiger charge is -2.20. The van der Waals surface area contributed by atoms with E-state index in [0.29, 0.717) is 0 Å². The summed E-state index contributed by atoms with van der Waals surface area (Å²) >= 11 is 0. The first-order valence-corrected chi connectivity index (χ1v) is 4.91. The molecule has 1 aliphatic rings. The number of rotatable bonds is 2. The van der Waals surface area contributed by atoms with Crippen LogP contribution in [0.5, 0.6) is 0 Å². The van der Waals surface area contributed by atoms with Gasteiger partial charge in [0.2, 0.25) is 24.3 Å². The molecule has 0 aromatic carbocycles. The van der Waals surface area contributed by atoms with E-state index in [1.165, 1.54) is 0 Å². The molecule has 1 fully saturated rings. The van der Waals surface area contributed by atoms with Crippen LogP contribution < -0.4 is 0 Å². The number of hydrogen-bond donors (Lipinski definition) is 2. The summed E-state index contributed by atoms with van der Waals surface area (Å²) in [5, 5.41) is 10.8. The zero-order valence-corrected chi connectivity index (χ0v) is 9.51. The highest BCUT2D eigenvalue weighted by Crippen LogP contribution is 2.22. The number of aliphatic imine (C=N–C) groups is 2. The summed E-state index contributed by atoms with van der Waals surface area (Å²) in [4.78, 5) is 43.8. The number of isocyanates is 4. The van der Waals surface area contributed by atoms with Crippen LogP contribution in [0.3, 0.4) is 0 Å². The summed E-state index contributed by atoms with van der Waals surface area (Å²) in [6.07, 6.45) is 7.90.